The van der Waals surface area contributed by atoms with Gasteiger partial charge in [-0.1, -0.05) is 231 Å². The van der Waals surface area contributed by atoms with Crippen LogP contribution in [0.2, 0.25) is 0 Å². The van der Waals surface area contributed by atoms with E-state index in [-0.39, 0.29) is 38.5 Å². The van der Waals surface area contributed by atoms with Gasteiger partial charge in [0.25, 0.3) is 0 Å². The van der Waals surface area contributed by atoms with Crippen LogP contribution >= 0.6 is 0 Å². The van der Waals surface area contributed by atoms with Crippen molar-refractivity contribution in [2.45, 2.75) is 116 Å². The summed E-state index contributed by atoms with van der Waals surface area (Å²) >= 11 is 0. The molecule has 0 aromatic heterocycles. The Morgan fingerprint density at radius 1 is 0.423 bits per heavy atom. The molecule has 0 heterocycles. The zero-order valence-electron chi connectivity index (χ0n) is 42.3. The molecular formula is C65H70N2O4. The summed E-state index contributed by atoms with van der Waals surface area (Å²) in [6, 6.07) is 59.0. The smallest absolute Gasteiger partial charge is 0.236 e. The Labute approximate surface area is 421 Å². The topological polar surface area (TPSA) is 98.7 Å². The van der Waals surface area contributed by atoms with Crippen molar-refractivity contribution in [1.82, 2.24) is 10.6 Å². The Morgan fingerprint density at radius 2 is 0.718 bits per heavy atom. The number of aryl methyl sites for hydroxylation is 4. The molecule has 6 nitrogen and oxygen atoms in total. The lowest BCUT2D eigenvalue weighted by molar-refractivity contribution is -0.149. The lowest BCUT2D eigenvalue weighted by Crippen LogP contribution is -2.59. The highest BCUT2D eigenvalue weighted by molar-refractivity contribution is 6.06. The van der Waals surface area contributed by atoms with Crippen molar-refractivity contribution in [3.63, 3.8) is 0 Å². The first-order valence-electron chi connectivity index (χ1n) is 25.5. The van der Waals surface area contributed by atoms with Gasteiger partial charge in [0.05, 0.1) is 23.3 Å². The number of benzene rings is 8. The molecule has 71 heavy (non-hydrogen) atoms. The highest BCUT2D eigenvalue weighted by atomic mass is 16.3. The minimum Gasteiger partial charge on any atom is -0.387 e. The van der Waals surface area contributed by atoms with Gasteiger partial charge in [-0.25, -0.2) is 0 Å². The van der Waals surface area contributed by atoms with E-state index in [0.717, 1.165) is 77.2 Å². The predicted molar refractivity (Wildman–Crippen MR) is 291 cm³/mol. The van der Waals surface area contributed by atoms with Crippen LogP contribution in [0.4, 0.5) is 0 Å². The van der Waals surface area contributed by atoms with Crippen molar-refractivity contribution < 1.29 is 19.8 Å². The maximum absolute atomic E-state index is 16.2. The monoisotopic (exact) mass is 943 g/mol. The van der Waals surface area contributed by atoms with Crippen molar-refractivity contribution in [3.05, 3.63) is 238 Å². The largest absolute Gasteiger partial charge is 0.387 e. The van der Waals surface area contributed by atoms with Crippen molar-refractivity contribution >= 4 is 33.4 Å². The molecule has 364 valence electrons. The van der Waals surface area contributed by atoms with Crippen LogP contribution < -0.4 is 10.6 Å². The van der Waals surface area contributed by atoms with Crippen LogP contribution in [0.1, 0.15) is 107 Å². The predicted octanol–water partition coefficient (Wildman–Crippen LogP) is 13.3. The zero-order valence-corrected chi connectivity index (χ0v) is 42.3. The van der Waals surface area contributed by atoms with Gasteiger partial charge in [0.1, 0.15) is 5.41 Å². The van der Waals surface area contributed by atoms with E-state index in [1.165, 1.54) is 0 Å². The average Bonchev–Trinajstić information content (AvgIpc) is 3.34. The minimum atomic E-state index is -1.60. The molecule has 2 atom stereocenters. The van der Waals surface area contributed by atoms with Crippen LogP contribution in [0.25, 0.3) is 21.5 Å². The Bertz CT molecular complexity index is 2820. The Hall–Kier alpha value is -6.86. The second kappa shape index (κ2) is 22.1. The first-order chi connectivity index (χ1) is 34.2. The molecule has 0 radical (unpaired) electrons. The van der Waals surface area contributed by atoms with Gasteiger partial charge in [-0.05, 0) is 95.5 Å². The quantitative estimate of drug-likeness (QED) is 0.0572. The zero-order chi connectivity index (χ0) is 50.2. The summed E-state index contributed by atoms with van der Waals surface area (Å²) in [7, 11) is 0. The lowest BCUT2D eigenvalue weighted by atomic mass is 9.73. The number of fused-ring (bicyclic) bond motifs is 2. The molecule has 0 unspecified atom stereocenters. The van der Waals surface area contributed by atoms with Gasteiger partial charge in [0.15, 0.2) is 0 Å². The highest BCUT2D eigenvalue weighted by Gasteiger charge is 2.51. The highest BCUT2D eigenvalue weighted by Crippen LogP contribution is 2.42. The molecule has 0 aliphatic rings. The van der Waals surface area contributed by atoms with E-state index >= 15 is 9.59 Å². The lowest BCUT2D eigenvalue weighted by Gasteiger charge is -2.43. The first kappa shape index (κ1) is 50.5. The Balaban J connectivity index is 1.29. The van der Waals surface area contributed by atoms with E-state index in [1.807, 2.05) is 199 Å². The summed E-state index contributed by atoms with van der Waals surface area (Å²) in [6.07, 6.45) is 2.46. The maximum Gasteiger partial charge on any atom is 0.236 e. The van der Waals surface area contributed by atoms with Crippen LogP contribution in [-0.2, 0) is 35.3 Å². The summed E-state index contributed by atoms with van der Waals surface area (Å²) in [5.41, 5.74) is 4.79. The second-order valence-electron chi connectivity index (χ2n) is 20.4. The average molecular weight is 943 g/mol. The van der Waals surface area contributed by atoms with Gasteiger partial charge in [0, 0.05) is 25.7 Å². The molecule has 8 aromatic rings. The molecule has 0 aliphatic carbocycles. The number of nitrogens with one attached hydrogen (secondary N) is 2. The van der Waals surface area contributed by atoms with E-state index in [4.69, 9.17) is 0 Å². The summed E-state index contributed by atoms with van der Waals surface area (Å²) in [4.78, 5) is 32.3. The molecular weight excluding hydrogens is 873 g/mol. The fourth-order valence-corrected chi connectivity index (χ4v) is 11.3. The number of rotatable bonds is 20. The number of hydrogen-bond donors (Lipinski definition) is 4. The molecule has 0 bridgehead atoms. The maximum atomic E-state index is 16.2. The molecule has 4 N–H and O–H groups in total. The van der Waals surface area contributed by atoms with Crippen molar-refractivity contribution in [3.8, 4) is 0 Å². The molecule has 8 aromatic carbocycles. The van der Waals surface area contributed by atoms with Gasteiger partial charge >= 0.3 is 0 Å². The van der Waals surface area contributed by atoms with E-state index < -0.39 is 40.5 Å². The van der Waals surface area contributed by atoms with E-state index in [2.05, 4.69) is 34.9 Å². The van der Waals surface area contributed by atoms with E-state index in [1.54, 1.807) is 0 Å². The molecule has 0 fully saturated rings. The van der Waals surface area contributed by atoms with Crippen molar-refractivity contribution in [2.24, 2.45) is 5.41 Å². The normalized spacial score (nSPS) is 13.0. The van der Waals surface area contributed by atoms with Crippen molar-refractivity contribution in [1.29, 1.82) is 0 Å². The summed E-state index contributed by atoms with van der Waals surface area (Å²) in [6.45, 7) is 12.2. The standard InChI is InChI=1S/C65H70N2O4/c1-7-35-63(36-8-2,61(68)66-59(57-33-17-29-53-27-9-11-31-55(53)57)64(70,41-49-23-13-19-45(3)37-49)42-50-24-14-20-46(4)38-50)62(69)67-60(58-34-18-30-54-28-10-12-32-56(54)58)65(71,43-51-25-15-21-47(5)39-51)44-52-26-16-22-48(6)40-52/h9-34,37-40,59-60,70-71H,7-8,35-36,41-44H2,1-6H3,(H,66,68)(H,67,69)/t59-,60-/m0/s1. The van der Waals surface area contributed by atoms with Crippen molar-refractivity contribution in [2.75, 3.05) is 0 Å². The summed E-state index contributed by atoms with van der Waals surface area (Å²) in [5.74, 6) is -0.915. The molecule has 0 spiro atoms. The summed E-state index contributed by atoms with van der Waals surface area (Å²) in [5, 5.41) is 38.3. The number of aliphatic hydroxyl groups is 2. The van der Waals surface area contributed by atoms with Crippen LogP contribution in [0.5, 0.6) is 0 Å². The van der Waals surface area contributed by atoms with Gasteiger partial charge in [-0.3, -0.25) is 9.59 Å². The number of hydrogen-bond acceptors (Lipinski definition) is 4. The number of carbonyl (C=O) groups excluding carboxylic acids is 2. The van der Waals surface area contributed by atoms with Crippen LogP contribution in [0.3, 0.4) is 0 Å². The molecule has 2 amide bonds. The fourth-order valence-electron chi connectivity index (χ4n) is 11.3. The third kappa shape index (κ3) is 11.5. The van der Waals surface area contributed by atoms with Crippen LogP contribution in [-0.4, -0.2) is 33.2 Å². The van der Waals surface area contributed by atoms with Gasteiger partial charge < -0.3 is 20.8 Å². The fraction of sp³-hybridized carbons (Fsp3) is 0.292. The first-order valence-corrected chi connectivity index (χ1v) is 25.5. The van der Waals surface area contributed by atoms with E-state index in [0.29, 0.717) is 12.8 Å². The molecule has 0 saturated carbocycles. The van der Waals surface area contributed by atoms with Gasteiger partial charge in [0.2, 0.25) is 11.8 Å². The molecule has 6 heteroatoms. The van der Waals surface area contributed by atoms with Crippen LogP contribution in [0, 0.1) is 33.1 Å². The number of amides is 2. The second-order valence-corrected chi connectivity index (χ2v) is 20.4. The van der Waals surface area contributed by atoms with E-state index in [9.17, 15) is 10.2 Å². The summed E-state index contributed by atoms with van der Waals surface area (Å²) < 4.78 is 0. The minimum absolute atomic E-state index is 0.228. The van der Waals surface area contributed by atoms with Crippen LogP contribution in [0.15, 0.2) is 182 Å². The Kier molecular flexibility index (Phi) is 15.7. The third-order valence-electron chi connectivity index (χ3n) is 14.5. The molecule has 0 saturated heterocycles. The third-order valence-corrected chi connectivity index (χ3v) is 14.5. The number of carbonyl (C=O) groups is 2. The molecule has 0 aliphatic heterocycles. The molecule has 8 rings (SSSR count). The van der Waals surface area contributed by atoms with Gasteiger partial charge in [-0.2, -0.15) is 0 Å². The SMILES string of the molecule is CCCC(CCC)(C(=O)N[C@@H](c1cccc2ccccc12)C(O)(Cc1cccc(C)c1)Cc1cccc(C)c1)C(=O)N[C@@H](c1cccc2ccccc12)C(O)(Cc1cccc(C)c1)Cc1cccc(C)c1. The van der Waals surface area contributed by atoms with Gasteiger partial charge in [-0.15, -0.1) is 0 Å². The Morgan fingerprint density at radius 3 is 1.03 bits per heavy atom.